The van der Waals surface area contributed by atoms with E-state index in [1.165, 1.54) is 0 Å². The van der Waals surface area contributed by atoms with Gasteiger partial charge < -0.3 is 20.3 Å². The van der Waals surface area contributed by atoms with Crippen molar-refractivity contribution in [2.24, 2.45) is 0 Å². The molecule has 5 nitrogen and oxygen atoms in total. The molecular weight excluding hydrogens is 254 g/mol. The third-order valence-electron chi connectivity index (χ3n) is 4.20. The third kappa shape index (κ3) is 5.77. The Morgan fingerprint density at radius 3 is 2.85 bits per heavy atom. The Morgan fingerprint density at radius 2 is 2.15 bits per heavy atom. The van der Waals surface area contributed by atoms with Gasteiger partial charge in [-0.25, -0.2) is 0 Å². The summed E-state index contributed by atoms with van der Waals surface area (Å²) in [6, 6.07) is 0. The van der Waals surface area contributed by atoms with Crippen molar-refractivity contribution < 1.29 is 9.53 Å². The zero-order valence-electron chi connectivity index (χ0n) is 12.7. The number of nitrogens with zero attached hydrogens (tertiary/aromatic N) is 1. The summed E-state index contributed by atoms with van der Waals surface area (Å²) >= 11 is 0. The van der Waals surface area contributed by atoms with Gasteiger partial charge in [0, 0.05) is 39.1 Å². The molecule has 0 aliphatic carbocycles. The molecule has 0 aromatic carbocycles. The summed E-state index contributed by atoms with van der Waals surface area (Å²) in [4.78, 5) is 14.2. The average molecular weight is 283 g/mol. The molecule has 2 aliphatic heterocycles. The van der Waals surface area contributed by atoms with E-state index < -0.39 is 0 Å². The summed E-state index contributed by atoms with van der Waals surface area (Å²) < 4.78 is 5.72. The van der Waals surface area contributed by atoms with E-state index in [0.717, 1.165) is 65.0 Å². The molecule has 2 N–H and O–H groups in total. The Balaban J connectivity index is 1.45. The molecule has 1 amide bonds. The van der Waals surface area contributed by atoms with Crippen LogP contribution in [0.1, 0.15) is 39.0 Å². The van der Waals surface area contributed by atoms with Crippen molar-refractivity contribution in [2.75, 3.05) is 39.3 Å². The highest BCUT2D eigenvalue weighted by atomic mass is 16.5. The van der Waals surface area contributed by atoms with Gasteiger partial charge in [0.2, 0.25) is 5.91 Å². The Kier molecular flexibility index (Phi) is 6.76. The van der Waals surface area contributed by atoms with Crippen LogP contribution in [0.3, 0.4) is 0 Å². The fourth-order valence-corrected chi connectivity index (χ4v) is 2.94. The van der Waals surface area contributed by atoms with Gasteiger partial charge in [-0.1, -0.05) is 0 Å². The van der Waals surface area contributed by atoms with Crippen molar-refractivity contribution in [3.63, 3.8) is 0 Å². The molecular formula is C15H29N3O2. The monoisotopic (exact) mass is 283 g/mol. The van der Waals surface area contributed by atoms with E-state index in [9.17, 15) is 4.79 Å². The lowest BCUT2D eigenvalue weighted by atomic mass is 10.1. The molecule has 2 unspecified atom stereocenters. The molecule has 2 atom stereocenters. The van der Waals surface area contributed by atoms with Crippen LogP contribution in [0.4, 0.5) is 0 Å². The fourth-order valence-electron chi connectivity index (χ4n) is 2.94. The molecule has 5 heteroatoms. The highest BCUT2D eigenvalue weighted by Gasteiger charge is 2.22. The van der Waals surface area contributed by atoms with E-state index in [4.69, 9.17) is 4.74 Å². The predicted molar refractivity (Wildman–Crippen MR) is 79.7 cm³/mol. The Morgan fingerprint density at radius 1 is 1.35 bits per heavy atom. The second-order valence-corrected chi connectivity index (χ2v) is 5.98. The van der Waals surface area contributed by atoms with E-state index in [2.05, 4.69) is 22.5 Å². The second-order valence-electron chi connectivity index (χ2n) is 5.98. The topological polar surface area (TPSA) is 53.6 Å². The first-order valence-electron chi connectivity index (χ1n) is 8.09. The summed E-state index contributed by atoms with van der Waals surface area (Å²) in [6.45, 7) is 8.43. The smallest absolute Gasteiger partial charge is 0.220 e. The van der Waals surface area contributed by atoms with Crippen molar-refractivity contribution in [1.29, 1.82) is 0 Å². The van der Waals surface area contributed by atoms with E-state index in [-0.39, 0.29) is 5.91 Å². The van der Waals surface area contributed by atoms with E-state index in [1.54, 1.807) is 0 Å². The van der Waals surface area contributed by atoms with Gasteiger partial charge in [-0.15, -0.1) is 0 Å². The second kappa shape index (κ2) is 8.60. The third-order valence-corrected chi connectivity index (χ3v) is 4.20. The molecule has 2 rings (SSSR count). The van der Waals surface area contributed by atoms with Gasteiger partial charge in [-0.3, -0.25) is 4.79 Å². The molecule has 0 saturated carbocycles. The molecule has 116 valence electrons. The van der Waals surface area contributed by atoms with Crippen molar-refractivity contribution in [3.05, 3.63) is 0 Å². The number of amides is 1. The summed E-state index contributed by atoms with van der Waals surface area (Å²) in [5.41, 5.74) is 0. The number of hydrogen-bond acceptors (Lipinski definition) is 4. The predicted octanol–water partition coefficient (Wildman–Crippen LogP) is 0.746. The number of nitrogens with one attached hydrogen (secondary N) is 2. The lowest BCUT2D eigenvalue weighted by Gasteiger charge is -2.27. The van der Waals surface area contributed by atoms with Crippen molar-refractivity contribution >= 4 is 5.91 Å². The minimum atomic E-state index is 0.175. The Bertz CT molecular complexity index is 293. The van der Waals surface area contributed by atoms with Gasteiger partial charge in [0.25, 0.3) is 0 Å². The molecule has 2 aliphatic rings. The van der Waals surface area contributed by atoms with E-state index >= 15 is 0 Å². The minimum absolute atomic E-state index is 0.175. The first-order valence-corrected chi connectivity index (χ1v) is 8.09. The van der Waals surface area contributed by atoms with Gasteiger partial charge in [-0.05, 0) is 39.2 Å². The maximum Gasteiger partial charge on any atom is 0.220 e. The number of rotatable bonds is 7. The average Bonchev–Trinajstić information content (AvgIpc) is 2.88. The number of carbonyl (C=O) groups is 1. The Labute approximate surface area is 122 Å². The molecule has 0 bridgehead atoms. The molecule has 0 spiro atoms. The van der Waals surface area contributed by atoms with Crippen LogP contribution < -0.4 is 10.6 Å². The molecule has 0 aromatic heterocycles. The molecule has 2 saturated heterocycles. The molecule has 20 heavy (non-hydrogen) atoms. The fraction of sp³-hybridized carbons (Fsp3) is 0.933. The summed E-state index contributed by atoms with van der Waals surface area (Å²) in [5, 5.41) is 6.37. The zero-order chi connectivity index (χ0) is 14.2. The lowest BCUT2D eigenvalue weighted by molar-refractivity contribution is -0.121. The van der Waals surface area contributed by atoms with Crippen LogP contribution in [0.5, 0.6) is 0 Å². The minimum Gasteiger partial charge on any atom is -0.375 e. The quantitative estimate of drug-likeness (QED) is 0.677. The summed E-state index contributed by atoms with van der Waals surface area (Å²) in [6.07, 6.45) is 5.44. The number of hydrogen-bond donors (Lipinski definition) is 2. The van der Waals surface area contributed by atoms with Gasteiger partial charge in [0.05, 0.1) is 12.2 Å². The van der Waals surface area contributed by atoms with E-state index in [0.29, 0.717) is 18.6 Å². The summed E-state index contributed by atoms with van der Waals surface area (Å²) in [7, 11) is 0. The summed E-state index contributed by atoms with van der Waals surface area (Å²) in [5.74, 6) is 0.175. The number of piperazine rings is 1. The van der Waals surface area contributed by atoms with Crippen LogP contribution in [0, 0.1) is 0 Å². The number of ether oxygens (including phenoxy) is 1. The van der Waals surface area contributed by atoms with Crippen LogP contribution in [0.15, 0.2) is 0 Å². The molecule has 0 radical (unpaired) electrons. The molecule has 2 fully saturated rings. The highest BCUT2D eigenvalue weighted by Crippen LogP contribution is 2.22. The van der Waals surface area contributed by atoms with Gasteiger partial charge in [0.1, 0.15) is 0 Å². The van der Waals surface area contributed by atoms with Gasteiger partial charge >= 0.3 is 0 Å². The highest BCUT2D eigenvalue weighted by molar-refractivity contribution is 5.75. The van der Waals surface area contributed by atoms with Crippen LogP contribution in [0.2, 0.25) is 0 Å². The van der Waals surface area contributed by atoms with E-state index in [1.807, 2.05) is 0 Å². The maximum atomic E-state index is 11.7. The Hall–Kier alpha value is -0.650. The van der Waals surface area contributed by atoms with Gasteiger partial charge in [0.15, 0.2) is 0 Å². The normalized spacial score (nSPS) is 27.6. The maximum absolute atomic E-state index is 11.7. The first kappa shape index (κ1) is 15.7. The zero-order valence-corrected chi connectivity index (χ0v) is 12.7. The molecule has 0 aromatic rings. The van der Waals surface area contributed by atoms with Crippen LogP contribution in [0.25, 0.3) is 0 Å². The van der Waals surface area contributed by atoms with Crippen molar-refractivity contribution in [3.8, 4) is 0 Å². The SMILES string of the molecule is CC1CCC(CCC(=O)NCCCN2CCNCC2)O1. The van der Waals surface area contributed by atoms with Crippen LogP contribution in [-0.4, -0.2) is 62.3 Å². The van der Waals surface area contributed by atoms with Crippen molar-refractivity contribution in [2.45, 2.75) is 51.2 Å². The van der Waals surface area contributed by atoms with Crippen LogP contribution >= 0.6 is 0 Å². The molecule has 2 heterocycles. The first-order chi connectivity index (χ1) is 9.74. The number of carbonyl (C=O) groups excluding carboxylic acids is 1. The standard InChI is InChI=1S/C15H29N3O2/c1-13-3-4-14(20-13)5-6-15(19)17-7-2-10-18-11-8-16-9-12-18/h13-14,16H,2-12H2,1H3,(H,17,19). The lowest BCUT2D eigenvalue weighted by Crippen LogP contribution is -2.44. The van der Waals surface area contributed by atoms with Crippen molar-refractivity contribution in [1.82, 2.24) is 15.5 Å². The van der Waals surface area contributed by atoms with Crippen LogP contribution in [-0.2, 0) is 9.53 Å². The largest absolute Gasteiger partial charge is 0.375 e. The van der Waals surface area contributed by atoms with Gasteiger partial charge in [-0.2, -0.15) is 0 Å².